The standard InChI is InChI=1S/C15H16ClN5/c1-2-21-15(11(16)9-18-21)14(20-17)13-8-7-10-5-3-4-6-12(10)19-13/h3-9,14,20H,2,17H2,1H3. The minimum atomic E-state index is -0.301. The Labute approximate surface area is 127 Å². The third-order valence-corrected chi connectivity index (χ3v) is 3.78. The Kier molecular flexibility index (Phi) is 3.88. The van der Waals surface area contributed by atoms with E-state index in [0.29, 0.717) is 11.6 Å². The summed E-state index contributed by atoms with van der Waals surface area (Å²) >= 11 is 6.26. The van der Waals surface area contributed by atoms with Crippen molar-refractivity contribution in [1.82, 2.24) is 20.2 Å². The van der Waals surface area contributed by atoms with Gasteiger partial charge < -0.3 is 0 Å². The van der Waals surface area contributed by atoms with Crippen LogP contribution in [-0.2, 0) is 6.54 Å². The van der Waals surface area contributed by atoms with Crippen LogP contribution < -0.4 is 11.3 Å². The summed E-state index contributed by atoms with van der Waals surface area (Å²) in [5, 5.41) is 5.92. The molecule has 3 aromatic rings. The highest BCUT2D eigenvalue weighted by Gasteiger charge is 2.22. The zero-order chi connectivity index (χ0) is 14.8. The van der Waals surface area contributed by atoms with Crippen LogP contribution in [0.2, 0.25) is 5.02 Å². The highest BCUT2D eigenvalue weighted by atomic mass is 35.5. The fourth-order valence-electron chi connectivity index (χ4n) is 2.46. The predicted octanol–water partition coefficient (Wildman–Crippen LogP) is 2.66. The molecule has 6 heteroatoms. The Morgan fingerprint density at radius 2 is 2.10 bits per heavy atom. The first-order valence-electron chi connectivity index (χ1n) is 6.77. The summed E-state index contributed by atoms with van der Waals surface area (Å²) in [5.74, 6) is 5.74. The number of pyridine rings is 1. The average Bonchev–Trinajstić information content (AvgIpc) is 2.89. The van der Waals surface area contributed by atoms with Crippen molar-refractivity contribution in [2.75, 3.05) is 0 Å². The zero-order valence-corrected chi connectivity index (χ0v) is 12.4. The molecule has 3 rings (SSSR count). The van der Waals surface area contributed by atoms with Crippen LogP contribution in [0.15, 0.2) is 42.6 Å². The smallest absolute Gasteiger partial charge is 0.106 e. The summed E-state index contributed by atoms with van der Waals surface area (Å²) in [5.41, 5.74) is 5.35. The van der Waals surface area contributed by atoms with Crippen LogP contribution in [0.3, 0.4) is 0 Å². The number of para-hydroxylation sites is 1. The molecule has 2 heterocycles. The normalized spacial score (nSPS) is 12.7. The number of aromatic nitrogens is 3. The van der Waals surface area contributed by atoms with E-state index in [1.165, 1.54) is 0 Å². The van der Waals surface area contributed by atoms with Crippen molar-refractivity contribution in [2.45, 2.75) is 19.5 Å². The molecule has 108 valence electrons. The Hall–Kier alpha value is -1.95. The van der Waals surface area contributed by atoms with Gasteiger partial charge in [0.2, 0.25) is 0 Å². The topological polar surface area (TPSA) is 68.8 Å². The van der Waals surface area contributed by atoms with Crippen LogP contribution in [0.25, 0.3) is 10.9 Å². The number of rotatable bonds is 4. The van der Waals surface area contributed by atoms with Crippen LogP contribution >= 0.6 is 11.6 Å². The summed E-state index contributed by atoms with van der Waals surface area (Å²) in [7, 11) is 0. The summed E-state index contributed by atoms with van der Waals surface area (Å²) < 4.78 is 1.82. The van der Waals surface area contributed by atoms with E-state index in [1.54, 1.807) is 6.20 Å². The van der Waals surface area contributed by atoms with Crippen molar-refractivity contribution in [3.05, 3.63) is 59.0 Å². The highest BCUT2D eigenvalue weighted by molar-refractivity contribution is 6.31. The molecule has 0 saturated carbocycles. The van der Waals surface area contributed by atoms with Gasteiger partial charge in [-0.2, -0.15) is 5.10 Å². The van der Waals surface area contributed by atoms with Gasteiger partial charge in [0.1, 0.15) is 6.04 Å². The van der Waals surface area contributed by atoms with Gasteiger partial charge in [-0.3, -0.25) is 15.5 Å². The SMILES string of the molecule is CCn1ncc(Cl)c1C(NN)c1ccc2ccccc2n1. The second kappa shape index (κ2) is 5.81. The third-order valence-electron chi connectivity index (χ3n) is 3.49. The van der Waals surface area contributed by atoms with Gasteiger partial charge in [0, 0.05) is 11.9 Å². The molecule has 1 unspecified atom stereocenters. The molecule has 0 aliphatic rings. The van der Waals surface area contributed by atoms with Crippen molar-refractivity contribution in [2.24, 2.45) is 5.84 Å². The second-order valence-electron chi connectivity index (χ2n) is 4.72. The molecule has 0 saturated heterocycles. The number of nitrogens with zero attached hydrogens (tertiary/aromatic N) is 3. The number of aryl methyl sites for hydroxylation is 1. The van der Waals surface area contributed by atoms with E-state index in [-0.39, 0.29) is 6.04 Å². The van der Waals surface area contributed by atoms with Crippen LogP contribution in [0.5, 0.6) is 0 Å². The zero-order valence-electron chi connectivity index (χ0n) is 11.6. The number of hydrogen-bond acceptors (Lipinski definition) is 4. The maximum Gasteiger partial charge on any atom is 0.106 e. The lowest BCUT2D eigenvalue weighted by Gasteiger charge is -2.18. The Morgan fingerprint density at radius 1 is 1.29 bits per heavy atom. The molecule has 21 heavy (non-hydrogen) atoms. The number of nitrogens with two attached hydrogens (primary N) is 1. The molecule has 2 aromatic heterocycles. The van der Waals surface area contributed by atoms with Gasteiger partial charge >= 0.3 is 0 Å². The van der Waals surface area contributed by atoms with Crippen molar-refractivity contribution >= 4 is 22.5 Å². The number of hydrogen-bond donors (Lipinski definition) is 2. The monoisotopic (exact) mass is 301 g/mol. The molecule has 3 N–H and O–H groups in total. The molecule has 1 atom stereocenters. The van der Waals surface area contributed by atoms with E-state index >= 15 is 0 Å². The van der Waals surface area contributed by atoms with Crippen molar-refractivity contribution < 1.29 is 0 Å². The molecule has 5 nitrogen and oxygen atoms in total. The largest absolute Gasteiger partial charge is 0.270 e. The van der Waals surface area contributed by atoms with Crippen LogP contribution in [0.1, 0.15) is 24.4 Å². The van der Waals surface area contributed by atoms with Crippen molar-refractivity contribution in [3.63, 3.8) is 0 Å². The molecule has 0 bridgehead atoms. The maximum absolute atomic E-state index is 6.26. The number of fused-ring (bicyclic) bond motifs is 1. The molecule has 0 aliphatic heterocycles. The summed E-state index contributed by atoms with van der Waals surface area (Å²) in [6, 6.07) is 11.6. The van der Waals surface area contributed by atoms with Crippen LogP contribution in [0.4, 0.5) is 0 Å². The number of halogens is 1. The van der Waals surface area contributed by atoms with Gasteiger partial charge in [-0.15, -0.1) is 0 Å². The van der Waals surface area contributed by atoms with E-state index in [4.69, 9.17) is 17.4 Å². The first-order valence-corrected chi connectivity index (χ1v) is 7.15. The van der Waals surface area contributed by atoms with Crippen molar-refractivity contribution in [1.29, 1.82) is 0 Å². The minimum Gasteiger partial charge on any atom is -0.270 e. The molecule has 0 fully saturated rings. The fraction of sp³-hybridized carbons (Fsp3) is 0.200. The molecular formula is C15H16ClN5. The average molecular weight is 302 g/mol. The Bertz CT molecular complexity index is 768. The first kappa shape index (κ1) is 14.0. The third kappa shape index (κ3) is 2.51. The Balaban J connectivity index is 2.11. The molecule has 0 aliphatic carbocycles. The predicted molar refractivity (Wildman–Crippen MR) is 83.8 cm³/mol. The fourth-order valence-corrected chi connectivity index (χ4v) is 2.71. The van der Waals surface area contributed by atoms with Crippen LogP contribution in [0, 0.1) is 0 Å². The summed E-state index contributed by atoms with van der Waals surface area (Å²) in [6.45, 7) is 2.72. The lowest BCUT2D eigenvalue weighted by Crippen LogP contribution is -2.31. The molecule has 0 amide bonds. The van der Waals surface area contributed by atoms with Crippen molar-refractivity contribution in [3.8, 4) is 0 Å². The van der Waals surface area contributed by atoms with E-state index in [2.05, 4.69) is 15.5 Å². The van der Waals surface area contributed by atoms with Gasteiger partial charge in [0.15, 0.2) is 0 Å². The lowest BCUT2D eigenvalue weighted by molar-refractivity contribution is 0.536. The lowest BCUT2D eigenvalue weighted by atomic mass is 10.1. The van der Waals surface area contributed by atoms with E-state index < -0.39 is 0 Å². The van der Waals surface area contributed by atoms with Gasteiger partial charge in [-0.1, -0.05) is 35.9 Å². The second-order valence-corrected chi connectivity index (χ2v) is 5.13. The van der Waals surface area contributed by atoms with Gasteiger partial charge in [0.05, 0.1) is 28.1 Å². The van der Waals surface area contributed by atoms with Gasteiger partial charge in [-0.25, -0.2) is 5.43 Å². The molecular weight excluding hydrogens is 286 g/mol. The van der Waals surface area contributed by atoms with Gasteiger partial charge in [0.25, 0.3) is 0 Å². The van der Waals surface area contributed by atoms with E-state index in [9.17, 15) is 0 Å². The maximum atomic E-state index is 6.26. The summed E-state index contributed by atoms with van der Waals surface area (Å²) in [4.78, 5) is 4.68. The summed E-state index contributed by atoms with van der Waals surface area (Å²) in [6.07, 6.45) is 1.63. The number of benzene rings is 1. The first-order chi connectivity index (χ1) is 10.2. The molecule has 0 spiro atoms. The molecule has 0 radical (unpaired) electrons. The highest BCUT2D eigenvalue weighted by Crippen LogP contribution is 2.27. The quantitative estimate of drug-likeness (QED) is 0.574. The molecule has 1 aromatic carbocycles. The van der Waals surface area contributed by atoms with Gasteiger partial charge in [-0.05, 0) is 19.1 Å². The minimum absolute atomic E-state index is 0.301. The number of hydrazine groups is 1. The van der Waals surface area contributed by atoms with Crippen LogP contribution in [-0.4, -0.2) is 14.8 Å². The Morgan fingerprint density at radius 3 is 2.86 bits per heavy atom. The van der Waals surface area contributed by atoms with E-state index in [1.807, 2.05) is 48.0 Å². The number of nitrogens with one attached hydrogen (secondary N) is 1. The van der Waals surface area contributed by atoms with E-state index in [0.717, 1.165) is 22.3 Å².